The van der Waals surface area contributed by atoms with E-state index in [1.54, 1.807) is 0 Å². The van der Waals surface area contributed by atoms with Crippen LogP contribution in [-0.4, -0.2) is 29.1 Å². The molecule has 1 amide bonds. The highest BCUT2D eigenvalue weighted by atomic mass is 16.4. The lowest BCUT2D eigenvalue weighted by atomic mass is 9.75. The Labute approximate surface area is 143 Å². The van der Waals surface area contributed by atoms with E-state index in [1.165, 1.54) is 0 Å². The normalized spacial score (nSPS) is 23.2. The summed E-state index contributed by atoms with van der Waals surface area (Å²) in [6, 6.07) is 8.49. The van der Waals surface area contributed by atoms with Gasteiger partial charge in [-0.15, -0.1) is 0 Å². The van der Waals surface area contributed by atoms with Crippen LogP contribution in [0.5, 0.6) is 0 Å². The van der Waals surface area contributed by atoms with Crippen molar-refractivity contribution in [2.75, 3.05) is 0 Å². The lowest BCUT2D eigenvalue weighted by Gasteiger charge is -2.34. The fraction of sp³-hybridized carbons (Fsp3) is 0.579. The van der Waals surface area contributed by atoms with Crippen molar-refractivity contribution in [1.82, 2.24) is 5.32 Å². The first-order chi connectivity index (χ1) is 11.5. The molecule has 1 aromatic carbocycles. The van der Waals surface area contributed by atoms with E-state index >= 15 is 0 Å². The van der Waals surface area contributed by atoms with E-state index in [2.05, 4.69) is 5.32 Å². The largest absolute Gasteiger partial charge is 0.480 e. The van der Waals surface area contributed by atoms with Crippen molar-refractivity contribution in [3.63, 3.8) is 0 Å². The molecule has 5 nitrogen and oxygen atoms in total. The quantitative estimate of drug-likeness (QED) is 0.714. The molecule has 1 aromatic rings. The molecule has 0 heterocycles. The van der Waals surface area contributed by atoms with E-state index < -0.39 is 12.0 Å². The second kappa shape index (κ2) is 8.83. The number of hydrogen-bond donors (Lipinski definition) is 3. The smallest absolute Gasteiger partial charge is 0.326 e. The molecule has 5 heteroatoms. The van der Waals surface area contributed by atoms with Crippen LogP contribution in [0.4, 0.5) is 0 Å². The van der Waals surface area contributed by atoms with Gasteiger partial charge in [0, 0.05) is 18.4 Å². The third-order valence-electron chi connectivity index (χ3n) is 5.07. The number of nitrogens with two attached hydrogens (primary N) is 1. The fourth-order valence-electron chi connectivity index (χ4n) is 3.70. The van der Waals surface area contributed by atoms with Gasteiger partial charge in [0.2, 0.25) is 5.91 Å². The molecule has 4 atom stereocenters. The molecule has 1 aliphatic rings. The van der Waals surface area contributed by atoms with Crippen molar-refractivity contribution < 1.29 is 14.7 Å². The van der Waals surface area contributed by atoms with Crippen LogP contribution in [0.15, 0.2) is 30.3 Å². The Morgan fingerprint density at radius 2 is 1.92 bits per heavy atom. The highest BCUT2D eigenvalue weighted by Gasteiger charge is 2.34. The minimum Gasteiger partial charge on any atom is -0.480 e. The molecule has 0 spiro atoms. The molecule has 1 fully saturated rings. The maximum Gasteiger partial charge on any atom is 0.326 e. The van der Waals surface area contributed by atoms with E-state index in [0.29, 0.717) is 6.42 Å². The van der Waals surface area contributed by atoms with E-state index in [-0.39, 0.29) is 30.2 Å². The van der Waals surface area contributed by atoms with Gasteiger partial charge in [0.25, 0.3) is 0 Å². The van der Waals surface area contributed by atoms with E-state index in [1.807, 2.05) is 37.3 Å². The molecule has 1 saturated carbocycles. The number of carbonyl (C=O) groups excluding carboxylic acids is 1. The summed E-state index contributed by atoms with van der Waals surface area (Å²) in [5, 5.41) is 12.2. The predicted octanol–water partition coefficient (Wildman–Crippen LogP) is 2.34. The van der Waals surface area contributed by atoms with Crippen LogP contribution >= 0.6 is 0 Å². The van der Waals surface area contributed by atoms with Crippen molar-refractivity contribution in [1.29, 1.82) is 0 Å². The SMILES string of the molecule is CC[C@@H](C(=O)N[C@H](Cc1ccccc1)C(=O)O)[C@H]1CCCC[C@H]1N. The molecule has 132 valence electrons. The number of benzene rings is 1. The summed E-state index contributed by atoms with van der Waals surface area (Å²) in [4.78, 5) is 24.2. The van der Waals surface area contributed by atoms with Gasteiger partial charge in [-0.1, -0.05) is 50.1 Å². The Bertz CT molecular complexity index is 547. The number of hydrogen-bond acceptors (Lipinski definition) is 3. The second-order valence-electron chi connectivity index (χ2n) is 6.72. The standard InChI is InChI=1S/C19H28N2O3/c1-2-14(15-10-6-7-11-16(15)20)18(22)21-17(19(23)24)12-13-8-4-3-5-9-13/h3-5,8-9,14-17H,2,6-7,10-12,20H2,1H3,(H,21,22)(H,23,24)/t14-,15-,16-,17-/m1/s1. The van der Waals surface area contributed by atoms with Crippen LogP contribution in [0.25, 0.3) is 0 Å². The highest BCUT2D eigenvalue weighted by molar-refractivity contribution is 5.85. The van der Waals surface area contributed by atoms with Gasteiger partial charge in [-0.25, -0.2) is 4.79 Å². The summed E-state index contributed by atoms with van der Waals surface area (Å²) in [7, 11) is 0. The number of aliphatic carboxylic acids is 1. The summed E-state index contributed by atoms with van der Waals surface area (Å²) in [6.45, 7) is 1.97. The monoisotopic (exact) mass is 332 g/mol. The summed E-state index contributed by atoms with van der Waals surface area (Å²) in [5.41, 5.74) is 7.11. The molecule has 0 radical (unpaired) electrons. The van der Waals surface area contributed by atoms with Gasteiger partial charge in [0.15, 0.2) is 0 Å². The predicted molar refractivity (Wildman–Crippen MR) is 93.4 cm³/mol. The van der Waals surface area contributed by atoms with Crippen molar-refractivity contribution in [2.45, 2.75) is 57.5 Å². The molecule has 24 heavy (non-hydrogen) atoms. The van der Waals surface area contributed by atoms with Gasteiger partial charge in [0.05, 0.1) is 0 Å². The Morgan fingerprint density at radius 3 is 2.50 bits per heavy atom. The third kappa shape index (κ3) is 4.81. The van der Waals surface area contributed by atoms with E-state index in [9.17, 15) is 14.7 Å². The van der Waals surface area contributed by atoms with Crippen molar-refractivity contribution in [3.05, 3.63) is 35.9 Å². The minimum atomic E-state index is -1.00. The molecule has 0 unspecified atom stereocenters. The van der Waals surface area contributed by atoms with Gasteiger partial charge in [-0.05, 0) is 30.7 Å². The molecule has 4 N–H and O–H groups in total. The molecule has 1 aliphatic carbocycles. The van der Waals surface area contributed by atoms with Crippen LogP contribution in [0, 0.1) is 11.8 Å². The number of carboxylic acids is 1. The summed E-state index contributed by atoms with van der Waals surface area (Å²) in [5.74, 6) is -1.24. The third-order valence-corrected chi connectivity index (χ3v) is 5.07. The van der Waals surface area contributed by atoms with Gasteiger partial charge >= 0.3 is 5.97 Å². The average molecular weight is 332 g/mol. The Hall–Kier alpha value is -1.88. The van der Waals surface area contributed by atoms with Crippen LogP contribution in [0.1, 0.15) is 44.6 Å². The maximum atomic E-state index is 12.7. The fourth-order valence-corrected chi connectivity index (χ4v) is 3.70. The molecular formula is C19H28N2O3. The Kier molecular flexibility index (Phi) is 6.79. The van der Waals surface area contributed by atoms with Crippen LogP contribution < -0.4 is 11.1 Å². The zero-order valence-corrected chi connectivity index (χ0v) is 14.3. The van der Waals surface area contributed by atoms with Gasteiger partial charge < -0.3 is 16.2 Å². The summed E-state index contributed by atoms with van der Waals surface area (Å²) in [6.07, 6.45) is 5.07. The zero-order valence-electron chi connectivity index (χ0n) is 14.3. The van der Waals surface area contributed by atoms with Crippen molar-refractivity contribution in [2.24, 2.45) is 17.6 Å². The highest BCUT2D eigenvalue weighted by Crippen LogP contribution is 2.31. The molecule has 0 aromatic heterocycles. The van der Waals surface area contributed by atoms with E-state index in [4.69, 9.17) is 5.73 Å². The average Bonchev–Trinajstić information content (AvgIpc) is 2.57. The minimum absolute atomic E-state index is 0.0341. The number of carbonyl (C=O) groups is 2. The van der Waals surface area contributed by atoms with E-state index in [0.717, 1.165) is 31.2 Å². The number of nitrogens with one attached hydrogen (secondary N) is 1. The topological polar surface area (TPSA) is 92.4 Å². The van der Waals surface area contributed by atoms with Gasteiger partial charge in [-0.3, -0.25) is 4.79 Å². The Morgan fingerprint density at radius 1 is 1.25 bits per heavy atom. The van der Waals surface area contributed by atoms with Crippen molar-refractivity contribution >= 4 is 11.9 Å². The molecule has 0 bridgehead atoms. The number of carboxylic acid groups (broad SMARTS) is 1. The number of amides is 1. The lowest BCUT2D eigenvalue weighted by Crippen LogP contribution is -2.49. The first kappa shape index (κ1) is 18.5. The lowest BCUT2D eigenvalue weighted by molar-refractivity contribution is -0.143. The first-order valence-electron chi connectivity index (χ1n) is 8.85. The van der Waals surface area contributed by atoms with Gasteiger partial charge in [-0.2, -0.15) is 0 Å². The molecule has 0 aliphatic heterocycles. The van der Waals surface area contributed by atoms with Crippen LogP contribution in [-0.2, 0) is 16.0 Å². The summed E-state index contributed by atoms with van der Waals surface area (Å²) >= 11 is 0. The maximum absolute atomic E-state index is 12.7. The first-order valence-corrected chi connectivity index (χ1v) is 8.85. The Balaban J connectivity index is 2.04. The second-order valence-corrected chi connectivity index (χ2v) is 6.72. The van der Waals surface area contributed by atoms with Crippen LogP contribution in [0.3, 0.4) is 0 Å². The summed E-state index contributed by atoms with van der Waals surface area (Å²) < 4.78 is 0. The molecule has 0 saturated heterocycles. The zero-order chi connectivity index (χ0) is 17.5. The number of rotatable bonds is 7. The van der Waals surface area contributed by atoms with Crippen LogP contribution in [0.2, 0.25) is 0 Å². The van der Waals surface area contributed by atoms with Gasteiger partial charge in [0.1, 0.15) is 6.04 Å². The molecular weight excluding hydrogens is 304 g/mol. The van der Waals surface area contributed by atoms with Crippen molar-refractivity contribution in [3.8, 4) is 0 Å². The molecule has 2 rings (SSSR count).